The van der Waals surface area contributed by atoms with Gasteiger partial charge < -0.3 is 16.0 Å². The van der Waals surface area contributed by atoms with Gasteiger partial charge in [-0.1, -0.05) is 11.6 Å². The van der Waals surface area contributed by atoms with Gasteiger partial charge in [-0.15, -0.1) is 0 Å². The number of carbonyl (C=O) groups excluding carboxylic acids is 2. The normalized spacial score (nSPS) is 10.1. The molecule has 2 amide bonds. The molecule has 27 heavy (non-hydrogen) atoms. The van der Waals surface area contributed by atoms with E-state index < -0.39 is 4.92 Å². The van der Waals surface area contributed by atoms with Gasteiger partial charge in [0.2, 0.25) is 5.91 Å². The van der Waals surface area contributed by atoms with Crippen LogP contribution in [-0.4, -0.2) is 30.3 Å². The molecular formula is C18H19ClN4O4. The lowest BCUT2D eigenvalue weighted by Gasteiger charge is -2.09. The molecule has 0 saturated heterocycles. The Morgan fingerprint density at radius 1 is 1.11 bits per heavy atom. The molecule has 0 aromatic heterocycles. The Kier molecular flexibility index (Phi) is 7.13. The maximum atomic E-state index is 12.0. The summed E-state index contributed by atoms with van der Waals surface area (Å²) >= 11 is 5.97. The largest absolute Gasteiger partial charge is 0.385 e. The Bertz CT molecular complexity index is 840. The average molecular weight is 391 g/mol. The molecule has 0 aliphatic carbocycles. The average Bonchev–Trinajstić information content (AvgIpc) is 2.66. The highest BCUT2D eigenvalue weighted by Gasteiger charge is 2.11. The maximum Gasteiger partial charge on any atom is 0.269 e. The van der Waals surface area contributed by atoms with Crippen LogP contribution in [0.25, 0.3) is 0 Å². The second-order valence-electron chi connectivity index (χ2n) is 5.66. The molecule has 2 rings (SSSR count). The highest BCUT2D eigenvalue weighted by atomic mass is 35.5. The molecule has 2 aromatic rings. The number of amides is 2. The number of carbonyl (C=O) groups is 2. The van der Waals surface area contributed by atoms with E-state index in [0.717, 1.165) is 5.69 Å². The maximum absolute atomic E-state index is 12.0. The number of halogens is 1. The Balaban J connectivity index is 1.79. The summed E-state index contributed by atoms with van der Waals surface area (Å²) in [5.74, 6) is -0.519. The van der Waals surface area contributed by atoms with Crippen molar-refractivity contribution in [2.45, 2.75) is 12.8 Å². The van der Waals surface area contributed by atoms with Crippen molar-refractivity contribution in [3.05, 3.63) is 63.2 Å². The van der Waals surface area contributed by atoms with Crippen molar-refractivity contribution in [2.75, 3.05) is 24.2 Å². The van der Waals surface area contributed by atoms with Crippen LogP contribution in [0.5, 0.6) is 0 Å². The minimum atomic E-state index is -0.458. The van der Waals surface area contributed by atoms with Crippen LogP contribution in [-0.2, 0) is 4.79 Å². The fraction of sp³-hybridized carbons (Fsp3) is 0.222. The number of non-ortho nitro benzene ring substituents is 1. The topological polar surface area (TPSA) is 113 Å². The van der Waals surface area contributed by atoms with Crippen molar-refractivity contribution in [1.29, 1.82) is 0 Å². The fourth-order valence-electron chi connectivity index (χ4n) is 2.32. The van der Waals surface area contributed by atoms with Gasteiger partial charge in [-0.3, -0.25) is 19.7 Å². The molecule has 9 heteroatoms. The second kappa shape index (κ2) is 9.54. The first-order valence-electron chi connectivity index (χ1n) is 8.20. The number of nitrogens with zero attached hydrogens (tertiary/aromatic N) is 1. The van der Waals surface area contributed by atoms with Gasteiger partial charge in [0.15, 0.2) is 0 Å². The van der Waals surface area contributed by atoms with Crippen LogP contribution in [0, 0.1) is 10.1 Å². The van der Waals surface area contributed by atoms with Gasteiger partial charge in [0.25, 0.3) is 11.6 Å². The number of nitro groups is 1. The summed E-state index contributed by atoms with van der Waals surface area (Å²) in [5.41, 5.74) is 1.55. The van der Waals surface area contributed by atoms with Crippen molar-refractivity contribution >= 4 is 40.5 Å². The lowest BCUT2D eigenvalue weighted by molar-refractivity contribution is -0.384. The molecule has 0 saturated carbocycles. The minimum Gasteiger partial charge on any atom is -0.385 e. The van der Waals surface area contributed by atoms with E-state index in [1.807, 2.05) is 0 Å². The van der Waals surface area contributed by atoms with Gasteiger partial charge in [-0.25, -0.2) is 0 Å². The fourth-order valence-corrected chi connectivity index (χ4v) is 2.52. The first kappa shape index (κ1) is 20.2. The molecule has 0 unspecified atom stereocenters. The van der Waals surface area contributed by atoms with Crippen molar-refractivity contribution in [3.63, 3.8) is 0 Å². The van der Waals surface area contributed by atoms with Crippen molar-refractivity contribution in [2.24, 2.45) is 0 Å². The molecule has 0 atom stereocenters. The molecule has 0 aliphatic heterocycles. The molecule has 0 spiro atoms. The highest BCUT2D eigenvalue weighted by Crippen LogP contribution is 2.21. The van der Waals surface area contributed by atoms with Crippen LogP contribution < -0.4 is 16.0 Å². The van der Waals surface area contributed by atoms with Crippen LogP contribution in [0.4, 0.5) is 17.1 Å². The predicted octanol–water partition coefficient (Wildman–Crippen LogP) is 3.44. The van der Waals surface area contributed by atoms with Crippen LogP contribution in [0.3, 0.4) is 0 Å². The van der Waals surface area contributed by atoms with E-state index in [0.29, 0.717) is 23.7 Å². The van der Waals surface area contributed by atoms with Gasteiger partial charge in [-0.2, -0.15) is 0 Å². The molecule has 0 fully saturated rings. The molecule has 0 aliphatic rings. The third kappa shape index (κ3) is 5.96. The third-order valence-corrected chi connectivity index (χ3v) is 4.04. The van der Waals surface area contributed by atoms with Crippen molar-refractivity contribution in [3.8, 4) is 0 Å². The lowest BCUT2D eigenvalue weighted by Crippen LogP contribution is -2.19. The van der Waals surface area contributed by atoms with Crippen molar-refractivity contribution in [1.82, 2.24) is 5.32 Å². The van der Waals surface area contributed by atoms with E-state index in [-0.39, 0.29) is 29.5 Å². The molecule has 0 radical (unpaired) electrons. The van der Waals surface area contributed by atoms with E-state index >= 15 is 0 Å². The standard InChI is InChI=1S/C18H19ClN4O4/c1-20-18(25)15-11-13(6-9-16(15)19)22-17(24)3-2-10-21-12-4-7-14(8-5-12)23(26)27/h4-9,11,21H,2-3,10H2,1H3,(H,20,25)(H,22,24). The van der Waals surface area contributed by atoms with E-state index in [2.05, 4.69) is 16.0 Å². The monoisotopic (exact) mass is 390 g/mol. The molecule has 0 heterocycles. The summed E-state index contributed by atoms with van der Waals surface area (Å²) in [6.45, 7) is 0.537. The van der Waals surface area contributed by atoms with Gasteiger partial charge in [0.05, 0.1) is 15.5 Å². The van der Waals surface area contributed by atoms with E-state index in [1.54, 1.807) is 24.3 Å². The molecule has 0 bridgehead atoms. The number of benzene rings is 2. The Labute approximate surface area is 161 Å². The van der Waals surface area contributed by atoms with E-state index in [4.69, 9.17) is 11.6 Å². The first-order chi connectivity index (χ1) is 12.9. The third-order valence-electron chi connectivity index (χ3n) is 3.71. The Hall–Kier alpha value is -3.13. The number of nitrogens with one attached hydrogen (secondary N) is 3. The molecule has 3 N–H and O–H groups in total. The van der Waals surface area contributed by atoms with Gasteiger partial charge in [0.1, 0.15) is 0 Å². The summed E-state index contributed by atoms with van der Waals surface area (Å²) in [4.78, 5) is 33.9. The number of hydrogen-bond acceptors (Lipinski definition) is 5. The number of rotatable bonds is 8. The zero-order valence-corrected chi connectivity index (χ0v) is 15.4. The first-order valence-corrected chi connectivity index (χ1v) is 8.58. The highest BCUT2D eigenvalue weighted by molar-refractivity contribution is 6.34. The van der Waals surface area contributed by atoms with E-state index in [9.17, 15) is 19.7 Å². The molecule has 8 nitrogen and oxygen atoms in total. The minimum absolute atomic E-state index is 0.0269. The summed E-state index contributed by atoms with van der Waals surface area (Å²) in [7, 11) is 1.50. The summed E-state index contributed by atoms with van der Waals surface area (Å²) in [5, 5.41) is 19.2. The SMILES string of the molecule is CNC(=O)c1cc(NC(=O)CCCNc2ccc([N+](=O)[O-])cc2)ccc1Cl. The van der Waals surface area contributed by atoms with Crippen LogP contribution in [0.1, 0.15) is 23.2 Å². The zero-order valence-electron chi connectivity index (χ0n) is 14.6. The Morgan fingerprint density at radius 2 is 1.78 bits per heavy atom. The van der Waals surface area contributed by atoms with Crippen LogP contribution in [0.15, 0.2) is 42.5 Å². The second-order valence-corrected chi connectivity index (χ2v) is 6.06. The van der Waals surface area contributed by atoms with Gasteiger partial charge in [0, 0.05) is 43.5 Å². The molecule has 142 valence electrons. The smallest absolute Gasteiger partial charge is 0.269 e. The predicted molar refractivity (Wildman–Crippen MR) is 104 cm³/mol. The quantitative estimate of drug-likeness (QED) is 0.363. The van der Waals surface area contributed by atoms with Crippen molar-refractivity contribution < 1.29 is 14.5 Å². The lowest BCUT2D eigenvalue weighted by atomic mass is 10.1. The summed E-state index contributed by atoms with van der Waals surface area (Å²) in [6, 6.07) is 10.8. The number of anilines is 2. The molecule has 2 aromatic carbocycles. The molecular weight excluding hydrogens is 372 g/mol. The van der Waals surface area contributed by atoms with Gasteiger partial charge >= 0.3 is 0 Å². The number of nitro benzene ring substituents is 1. The Morgan fingerprint density at radius 3 is 2.41 bits per heavy atom. The zero-order chi connectivity index (χ0) is 19.8. The summed E-state index contributed by atoms with van der Waals surface area (Å²) in [6.07, 6.45) is 0.844. The van der Waals surface area contributed by atoms with Crippen LogP contribution >= 0.6 is 11.6 Å². The number of hydrogen-bond donors (Lipinski definition) is 3. The van der Waals surface area contributed by atoms with Crippen LogP contribution in [0.2, 0.25) is 5.02 Å². The summed E-state index contributed by atoms with van der Waals surface area (Å²) < 4.78 is 0. The van der Waals surface area contributed by atoms with Gasteiger partial charge in [-0.05, 0) is 36.8 Å². The van der Waals surface area contributed by atoms with E-state index in [1.165, 1.54) is 25.2 Å².